The number of likely N-dealkylation sites (N-methyl/N-ethyl adjacent to an activating group) is 1. The summed E-state index contributed by atoms with van der Waals surface area (Å²) >= 11 is 1.74. The number of ketones is 1. The van der Waals surface area contributed by atoms with Crippen molar-refractivity contribution in [2.75, 3.05) is 19.6 Å². The van der Waals surface area contributed by atoms with E-state index in [1.807, 2.05) is 0 Å². The molecule has 0 radical (unpaired) electrons. The van der Waals surface area contributed by atoms with Crippen LogP contribution in [0.5, 0.6) is 0 Å². The Bertz CT molecular complexity index is 396. The molecule has 0 saturated heterocycles. The van der Waals surface area contributed by atoms with Gasteiger partial charge in [0.15, 0.2) is 5.78 Å². The van der Waals surface area contributed by atoms with Crippen LogP contribution in [0.4, 0.5) is 0 Å². The summed E-state index contributed by atoms with van der Waals surface area (Å²) in [5.41, 5.74) is 0.774. The maximum atomic E-state index is 11.7. The molecule has 1 aromatic heterocycles. The van der Waals surface area contributed by atoms with Crippen LogP contribution in [0.2, 0.25) is 0 Å². The fourth-order valence-electron chi connectivity index (χ4n) is 2.22. The van der Waals surface area contributed by atoms with E-state index in [2.05, 4.69) is 23.7 Å². The molecule has 1 heterocycles. The highest BCUT2D eigenvalue weighted by Crippen LogP contribution is 2.26. The summed E-state index contributed by atoms with van der Waals surface area (Å²) in [6.07, 6.45) is 3.71. The Balaban J connectivity index is 2.00. The van der Waals surface area contributed by atoms with Crippen molar-refractivity contribution in [3.8, 4) is 0 Å². The normalized spacial score (nSPS) is 15.4. The van der Waals surface area contributed by atoms with Gasteiger partial charge in [-0.2, -0.15) is 0 Å². The Hall–Kier alpha value is -0.740. The number of rotatable bonds is 5. The van der Waals surface area contributed by atoms with E-state index in [0.717, 1.165) is 49.6 Å². The Labute approximate surface area is 107 Å². The third-order valence-corrected chi connectivity index (χ3v) is 4.52. The van der Waals surface area contributed by atoms with Crippen LogP contribution in [0.25, 0.3) is 0 Å². The maximum absolute atomic E-state index is 11.7. The number of Topliss-reactive ketones (excluding diaryl/α,β-unsaturated/α-hetero) is 1. The standard InChI is InChI=1S/C13H20N2OS/c1-3-15(4-2)9-8-12-14-13-10(16)6-5-7-11(13)17-12/h3-9H2,1-2H3. The van der Waals surface area contributed by atoms with Crippen LogP contribution in [0.15, 0.2) is 0 Å². The van der Waals surface area contributed by atoms with E-state index in [-0.39, 0.29) is 5.78 Å². The highest BCUT2D eigenvalue weighted by molar-refractivity contribution is 7.12. The lowest BCUT2D eigenvalue weighted by Crippen LogP contribution is -2.25. The minimum absolute atomic E-state index is 0.247. The Morgan fingerprint density at radius 1 is 1.29 bits per heavy atom. The molecule has 0 saturated carbocycles. The lowest BCUT2D eigenvalue weighted by atomic mass is 10.0. The Morgan fingerprint density at radius 2 is 2.06 bits per heavy atom. The van der Waals surface area contributed by atoms with Crippen LogP contribution in [-0.2, 0) is 12.8 Å². The molecule has 1 aliphatic rings. The molecule has 0 spiro atoms. The second-order valence-electron chi connectivity index (χ2n) is 4.43. The quantitative estimate of drug-likeness (QED) is 0.807. The molecule has 1 aliphatic carbocycles. The molecule has 3 nitrogen and oxygen atoms in total. The zero-order valence-corrected chi connectivity index (χ0v) is 11.5. The summed E-state index contributed by atoms with van der Waals surface area (Å²) < 4.78 is 0. The van der Waals surface area contributed by atoms with Crippen molar-refractivity contribution < 1.29 is 4.79 Å². The van der Waals surface area contributed by atoms with Crippen molar-refractivity contribution in [3.63, 3.8) is 0 Å². The van der Waals surface area contributed by atoms with Crippen LogP contribution < -0.4 is 0 Å². The van der Waals surface area contributed by atoms with Gasteiger partial charge in [0.05, 0.1) is 5.01 Å². The monoisotopic (exact) mass is 252 g/mol. The average molecular weight is 252 g/mol. The van der Waals surface area contributed by atoms with Crippen molar-refractivity contribution in [3.05, 3.63) is 15.6 Å². The molecule has 0 bridgehead atoms. The number of nitrogens with zero attached hydrogens (tertiary/aromatic N) is 2. The lowest BCUT2D eigenvalue weighted by Gasteiger charge is -2.16. The number of hydrogen-bond donors (Lipinski definition) is 0. The minimum atomic E-state index is 0.247. The number of thiazole rings is 1. The smallest absolute Gasteiger partial charge is 0.182 e. The van der Waals surface area contributed by atoms with Gasteiger partial charge in [0.25, 0.3) is 0 Å². The first kappa shape index (κ1) is 12.7. The molecule has 0 aromatic carbocycles. The summed E-state index contributed by atoms with van der Waals surface area (Å²) in [6.45, 7) is 7.58. The third-order valence-electron chi connectivity index (χ3n) is 3.35. The number of hydrogen-bond acceptors (Lipinski definition) is 4. The van der Waals surface area contributed by atoms with Crippen LogP contribution in [-0.4, -0.2) is 35.3 Å². The molecule has 0 unspecified atom stereocenters. The molecule has 17 heavy (non-hydrogen) atoms. The van der Waals surface area contributed by atoms with Gasteiger partial charge in [-0.25, -0.2) is 4.98 Å². The van der Waals surface area contributed by atoms with Gasteiger partial charge in [-0.3, -0.25) is 4.79 Å². The first-order chi connectivity index (χ1) is 8.24. The zero-order chi connectivity index (χ0) is 12.3. The molecule has 0 N–H and O–H groups in total. The zero-order valence-electron chi connectivity index (χ0n) is 10.7. The fraction of sp³-hybridized carbons (Fsp3) is 0.692. The number of aryl methyl sites for hydroxylation is 1. The topological polar surface area (TPSA) is 33.2 Å². The SMILES string of the molecule is CCN(CC)CCc1nc2c(s1)CCCC2=O. The number of carbonyl (C=O) groups excluding carboxylic acids is 1. The second kappa shape index (κ2) is 5.74. The third kappa shape index (κ3) is 2.93. The van der Waals surface area contributed by atoms with Crippen molar-refractivity contribution in [2.24, 2.45) is 0 Å². The number of fused-ring (bicyclic) bond motifs is 1. The van der Waals surface area contributed by atoms with Gasteiger partial charge in [-0.05, 0) is 25.9 Å². The summed E-state index contributed by atoms with van der Waals surface area (Å²) in [4.78, 5) is 19.8. The molecule has 1 aromatic rings. The van der Waals surface area contributed by atoms with E-state index in [4.69, 9.17) is 0 Å². The van der Waals surface area contributed by atoms with Crippen LogP contribution in [0.1, 0.15) is 47.1 Å². The molecule has 4 heteroatoms. The summed E-state index contributed by atoms with van der Waals surface area (Å²) in [5.74, 6) is 0.247. The van der Waals surface area contributed by atoms with Crippen molar-refractivity contribution in [2.45, 2.75) is 39.5 Å². The molecule has 0 aliphatic heterocycles. The van der Waals surface area contributed by atoms with E-state index >= 15 is 0 Å². The molecule has 0 atom stereocenters. The van der Waals surface area contributed by atoms with Crippen molar-refractivity contribution >= 4 is 17.1 Å². The summed E-state index contributed by atoms with van der Waals surface area (Å²) in [7, 11) is 0. The molecule has 2 rings (SSSR count). The van der Waals surface area contributed by atoms with Crippen LogP contribution >= 0.6 is 11.3 Å². The highest BCUT2D eigenvalue weighted by atomic mass is 32.1. The van der Waals surface area contributed by atoms with E-state index < -0.39 is 0 Å². The summed E-state index contributed by atoms with van der Waals surface area (Å²) in [6, 6.07) is 0. The molecule has 0 fully saturated rings. The largest absolute Gasteiger partial charge is 0.303 e. The van der Waals surface area contributed by atoms with Crippen LogP contribution in [0.3, 0.4) is 0 Å². The van der Waals surface area contributed by atoms with E-state index in [1.54, 1.807) is 11.3 Å². The van der Waals surface area contributed by atoms with Gasteiger partial charge in [-0.15, -0.1) is 11.3 Å². The first-order valence-electron chi connectivity index (χ1n) is 6.48. The molecule has 0 amide bonds. The second-order valence-corrected chi connectivity index (χ2v) is 5.60. The Morgan fingerprint density at radius 3 is 2.71 bits per heavy atom. The van der Waals surface area contributed by atoms with E-state index in [0.29, 0.717) is 6.42 Å². The first-order valence-corrected chi connectivity index (χ1v) is 7.30. The van der Waals surface area contributed by atoms with E-state index in [9.17, 15) is 4.79 Å². The fourth-order valence-corrected chi connectivity index (χ4v) is 3.33. The van der Waals surface area contributed by atoms with Crippen LogP contribution in [0, 0.1) is 0 Å². The van der Waals surface area contributed by atoms with Gasteiger partial charge in [0.2, 0.25) is 0 Å². The highest BCUT2D eigenvalue weighted by Gasteiger charge is 2.21. The predicted molar refractivity (Wildman–Crippen MR) is 70.9 cm³/mol. The number of aromatic nitrogens is 1. The summed E-state index contributed by atoms with van der Waals surface area (Å²) in [5, 5.41) is 1.14. The van der Waals surface area contributed by atoms with Gasteiger partial charge >= 0.3 is 0 Å². The van der Waals surface area contributed by atoms with Gasteiger partial charge in [0.1, 0.15) is 5.69 Å². The van der Waals surface area contributed by atoms with E-state index in [1.165, 1.54) is 4.88 Å². The minimum Gasteiger partial charge on any atom is -0.303 e. The van der Waals surface area contributed by atoms with Gasteiger partial charge in [0, 0.05) is 24.3 Å². The lowest BCUT2D eigenvalue weighted by molar-refractivity contribution is 0.0968. The molecular weight excluding hydrogens is 232 g/mol. The average Bonchev–Trinajstić information content (AvgIpc) is 2.75. The van der Waals surface area contributed by atoms with Crippen molar-refractivity contribution in [1.82, 2.24) is 9.88 Å². The molecular formula is C13H20N2OS. The molecule has 94 valence electrons. The van der Waals surface area contributed by atoms with Gasteiger partial charge < -0.3 is 4.90 Å². The maximum Gasteiger partial charge on any atom is 0.182 e. The Kier molecular flexibility index (Phi) is 4.29. The van der Waals surface area contributed by atoms with Crippen molar-refractivity contribution in [1.29, 1.82) is 0 Å². The number of carbonyl (C=O) groups is 1. The van der Waals surface area contributed by atoms with Gasteiger partial charge in [-0.1, -0.05) is 13.8 Å². The predicted octanol–water partition coefficient (Wildman–Crippen LogP) is 2.55.